The van der Waals surface area contributed by atoms with E-state index in [0.717, 1.165) is 24.9 Å². The Hall–Kier alpha value is -1.49. The van der Waals surface area contributed by atoms with E-state index in [1.165, 1.54) is 12.1 Å². The Kier molecular flexibility index (Phi) is 5.89. The summed E-state index contributed by atoms with van der Waals surface area (Å²) < 4.78 is 40.0. The van der Waals surface area contributed by atoms with Gasteiger partial charge in [-0.25, -0.2) is 0 Å². The van der Waals surface area contributed by atoms with E-state index in [4.69, 9.17) is 0 Å². The second-order valence-corrected chi connectivity index (χ2v) is 4.15. The first-order valence-electron chi connectivity index (χ1n) is 6.16. The third-order valence-electron chi connectivity index (χ3n) is 2.56. The van der Waals surface area contributed by atoms with Crippen molar-refractivity contribution in [3.8, 4) is 5.75 Å². The number of ether oxygens (including phenoxy) is 1. The highest BCUT2D eigenvalue weighted by atomic mass is 19.4. The maximum absolute atomic E-state index is 12.0. The molecule has 106 valence electrons. The Morgan fingerprint density at radius 3 is 2.42 bits per heavy atom. The van der Waals surface area contributed by atoms with Crippen LogP contribution < -0.4 is 10.1 Å². The molecule has 0 aliphatic carbocycles. The van der Waals surface area contributed by atoms with Crippen molar-refractivity contribution >= 4 is 0 Å². The van der Waals surface area contributed by atoms with Gasteiger partial charge in [-0.15, -0.1) is 19.8 Å². The number of hydrogen-bond acceptors (Lipinski definition) is 2. The molecule has 5 heteroatoms. The van der Waals surface area contributed by atoms with Crippen molar-refractivity contribution < 1.29 is 17.9 Å². The van der Waals surface area contributed by atoms with Crippen LogP contribution in [0.4, 0.5) is 13.2 Å². The Morgan fingerprint density at radius 1 is 1.32 bits per heavy atom. The van der Waals surface area contributed by atoms with Crippen molar-refractivity contribution in [2.24, 2.45) is 0 Å². The van der Waals surface area contributed by atoms with Gasteiger partial charge in [0.15, 0.2) is 0 Å². The SMILES string of the molecule is C=CCC(NCCC)c1ccc(OC(F)(F)F)cc1. The predicted octanol–water partition coefficient (Wildman–Crippen LogP) is 4.20. The fourth-order valence-corrected chi connectivity index (χ4v) is 1.72. The average Bonchev–Trinajstić information content (AvgIpc) is 2.34. The second kappa shape index (κ2) is 7.19. The predicted molar refractivity (Wildman–Crippen MR) is 69.0 cm³/mol. The Bertz CT molecular complexity index is 387. The first-order valence-corrected chi connectivity index (χ1v) is 6.16. The Labute approximate surface area is 111 Å². The Morgan fingerprint density at radius 2 is 1.95 bits per heavy atom. The minimum atomic E-state index is -4.65. The lowest BCUT2D eigenvalue weighted by molar-refractivity contribution is -0.274. The van der Waals surface area contributed by atoms with E-state index in [1.807, 2.05) is 0 Å². The van der Waals surface area contributed by atoms with Crippen LogP contribution in [0.3, 0.4) is 0 Å². The molecule has 0 fully saturated rings. The third kappa shape index (κ3) is 5.79. The maximum Gasteiger partial charge on any atom is 0.573 e. The summed E-state index contributed by atoms with van der Waals surface area (Å²) in [4.78, 5) is 0. The molecule has 19 heavy (non-hydrogen) atoms. The molecule has 2 nitrogen and oxygen atoms in total. The number of rotatable bonds is 7. The highest BCUT2D eigenvalue weighted by molar-refractivity contribution is 5.29. The van der Waals surface area contributed by atoms with Crippen LogP contribution >= 0.6 is 0 Å². The van der Waals surface area contributed by atoms with Gasteiger partial charge < -0.3 is 10.1 Å². The van der Waals surface area contributed by atoms with Crippen LogP contribution in [0.25, 0.3) is 0 Å². The Balaban J connectivity index is 2.73. The number of halogens is 3. The summed E-state index contributed by atoms with van der Waals surface area (Å²) in [5.41, 5.74) is 0.919. The van der Waals surface area contributed by atoms with E-state index < -0.39 is 6.36 Å². The summed E-state index contributed by atoms with van der Waals surface area (Å²) in [7, 11) is 0. The number of alkyl halides is 3. The van der Waals surface area contributed by atoms with Gasteiger partial charge in [-0.1, -0.05) is 25.1 Å². The molecule has 0 aliphatic heterocycles. The minimum Gasteiger partial charge on any atom is -0.406 e. The molecule has 1 aromatic carbocycles. The van der Waals surface area contributed by atoms with Crippen LogP contribution in [-0.2, 0) is 0 Å². The lowest BCUT2D eigenvalue weighted by atomic mass is 10.0. The molecule has 0 saturated heterocycles. The van der Waals surface area contributed by atoms with Crippen LogP contribution in [-0.4, -0.2) is 12.9 Å². The summed E-state index contributed by atoms with van der Waals surface area (Å²) in [6.45, 7) is 6.59. The molecule has 1 unspecified atom stereocenters. The average molecular weight is 273 g/mol. The zero-order valence-electron chi connectivity index (χ0n) is 10.8. The number of hydrogen-bond donors (Lipinski definition) is 1. The highest BCUT2D eigenvalue weighted by Crippen LogP contribution is 2.25. The molecule has 0 radical (unpaired) electrons. The van der Waals surface area contributed by atoms with Gasteiger partial charge in [0.2, 0.25) is 0 Å². The lowest BCUT2D eigenvalue weighted by Crippen LogP contribution is -2.21. The lowest BCUT2D eigenvalue weighted by Gasteiger charge is -2.18. The maximum atomic E-state index is 12.0. The molecule has 0 aliphatic rings. The summed E-state index contributed by atoms with van der Waals surface area (Å²) >= 11 is 0. The first-order chi connectivity index (χ1) is 8.96. The van der Waals surface area contributed by atoms with Crippen molar-refractivity contribution in [2.75, 3.05) is 6.54 Å². The fraction of sp³-hybridized carbons (Fsp3) is 0.429. The summed E-state index contributed by atoms with van der Waals surface area (Å²) in [6.07, 6.45) is -1.15. The van der Waals surface area contributed by atoms with Crippen LogP contribution in [0.15, 0.2) is 36.9 Å². The van der Waals surface area contributed by atoms with E-state index in [0.29, 0.717) is 0 Å². The molecule has 0 saturated carbocycles. The zero-order valence-corrected chi connectivity index (χ0v) is 10.8. The van der Waals surface area contributed by atoms with Gasteiger partial charge in [0.25, 0.3) is 0 Å². The normalized spacial score (nSPS) is 13.1. The largest absolute Gasteiger partial charge is 0.573 e. The quantitative estimate of drug-likeness (QED) is 0.752. The molecule has 1 aromatic rings. The first kappa shape index (κ1) is 15.6. The minimum absolute atomic E-state index is 0.0670. The summed E-state index contributed by atoms with van der Waals surface area (Å²) in [5, 5.41) is 3.32. The molecule has 0 heterocycles. The van der Waals surface area contributed by atoms with E-state index >= 15 is 0 Å². The van der Waals surface area contributed by atoms with Gasteiger partial charge in [0.05, 0.1) is 0 Å². The molecule has 0 bridgehead atoms. The van der Waals surface area contributed by atoms with Gasteiger partial charge in [-0.2, -0.15) is 0 Å². The standard InChI is InChI=1S/C14H18F3NO/c1-3-5-13(18-10-4-2)11-6-8-12(9-7-11)19-14(15,16)17/h3,6-9,13,18H,1,4-5,10H2,2H3. The molecule has 1 atom stereocenters. The smallest absolute Gasteiger partial charge is 0.406 e. The van der Waals surface area contributed by atoms with Crippen molar-refractivity contribution in [3.05, 3.63) is 42.5 Å². The van der Waals surface area contributed by atoms with E-state index in [1.54, 1.807) is 18.2 Å². The molecule has 0 amide bonds. The second-order valence-electron chi connectivity index (χ2n) is 4.15. The van der Waals surface area contributed by atoms with Gasteiger partial charge in [-0.3, -0.25) is 0 Å². The molecular formula is C14H18F3NO. The van der Waals surface area contributed by atoms with E-state index in [-0.39, 0.29) is 11.8 Å². The topological polar surface area (TPSA) is 21.3 Å². The monoisotopic (exact) mass is 273 g/mol. The third-order valence-corrected chi connectivity index (χ3v) is 2.56. The fourth-order valence-electron chi connectivity index (χ4n) is 1.72. The molecule has 1 rings (SSSR count). The van der Waals surface area contributed by atoms with Gasteiger partial charge in [-0.05, 0) is 37.1 Å². The van der Waals surface area contributed by atoms with Crippen LogP contribution in [0.1, 0.15) is 31.4 Å². The van der Waals surface area contributed by atoms with Gasteiger partial charge >= 0.3 is 6.36 Å². The molecule has 0 aromatic heterocycles. The van der Waals surface area contributed by atoms with Crippen molar-refractivity contribution in [1.29, 1.82) is 0 Å². The molecule has 1 N–H and O–H groups in total. The zero-order chi connectivity index (χ0) is 14.3. The van der Waals surface area contributed by atoms with Crippen molar-refractivity contribution in [1.82, 2.24) is 5.32 Å². The summed E-state index contributed by atoms with van der Waals surface area (Å²) in [6, 6.07) is 5.99. The highest BCUT2D eigenvalue weighted by Gasteiger charge is 2.31. The molecular weight excluding hydrogens is 255 g/mol. The van der Waals surface area contributed by atoms with Crippen molar-refractivity contribution in [2.45, 2.75) is 32.2 Å². The van der Waals surface area contributed by atoms with Crippen molar-refractivity contribution in [3.63, 3.8) is 0 Å². The number of benzene rings is 1. The van der Waals surface area contributed by atoms with Crippen LogP contribution in [0.5, 0.6) is 5.75 Å². The van der Waals surface area contributed by atoms with E-state index in [9.17, 15) is 13.2 Å². The van der Waals surface area contributed by atoms with Gasteiger partial charge in [0, 0.05) is 6.04 Å². The van der Waals surface area contributed by atoms with Crippen LogP contribution in [0.2, 0.25) is 0 Å². The molecule has 0 spiro atoms. The van der Waals surface area contributed by atoms with E-state index in [2.05, 4.69) is 23.6 Å². The van der Waals surface area contributed by atoms with Crippen LogP contribution in [0, 0.1) is 0 Å². The van der Waals surface area contributed by atoms with Gasteiger partial charge in [0.1, 0.15) is 5.75 Å². The number of nitrogens with one attached hydrogen (secondary N) is 1. The summed E-state index contributed by atoms with van der Waals surface area (Å²) in [5.74, 6) is -0.205.